The van der Waals surface area contributed by atoms with Crippen LogP contribution in [0.15, 0.2) is 79.0 Å². The van der Waals surface area contributed by atoms with Gasteiger partial charge in [0.2, 0.25) is 5.52 Å². The molecule has 7 rings (SSSR count). The molecule has 2 aliphatic heterocycles. The second-order valence-electron chi connectivity index (χ2n) is 10.7. The Balaban J connectivity index is 1.25. The van der Waals surface area contributed by atoms with E-state index in [0.717, 1.165) is 43.6 Å². The number of aromatic nitrogens is 1. The Morgan fingerprint density at radius 2 is 1.29 bits per heavy atom. The average Bonchev–Trinajstić information content (AvgIpc) is 3.38. The van der Waals surface area contributed by atoms with Crippen LogP contribution in [-0.2, 0) is 6.54 Å². The minimum Gasteiger partial charge on any atom is -0.289 e. The van der Waals surface area contributed by atoms with Crippen molar-refractivity contribution < 1.29 is 28.5 Å². The van der Waals surface area contributed by atoms with E-state index in [9.17, 15) is 24.0 Å². The van der Waals surface area contributed by atoms with Gasteiger partial charge >= 0.3 is 0 Å². The van der Waals surface area contributed by atoms with E-state index >= 15 is 0 Å². The van der Waals surface area contributed by atoms with E-state index < -0.39 is 29.4 Å². The van der Waals surface area contributed by atoms with Crippen molar-refractivity contribution >= 4 is 56.8 Å². The van der Waals surface area contributed by atoms with Crippen LogP contribution >= 0.6 is 0 Å². The van der Waals surface area contributed by atoms with Crippen molar-refractivity contribution in [2.45, 2.75) is 20.4 Å². The van der Waals surface area contributed by atoms with Crippen LogP contribution in [0.25, 0.3) is 21.7 Å². The van der Waals surface area contributed by atoms with Crippen LogP contribution in [0, 0.1) is 6.92 Å². The van der Waals surface area contributed by atoms with E-state index in [2.05, 4.69) is 36.6 Å². The summed E-state index contributed by atoms with van der Waals surface area (Å²) in [6.07, 6.45) is 2.03. The Morgan fingerprint density at radius 3 is 1.98 bits per heavy atom. The maximum Gasteiger partial charge on any atom is 0.266 e. The largest absolute Gasteiger partial charge is 0.289 e. The highest BCUT2D eigenvalue weighted by molar-refractivity contribution is 6.35. The predicted octanol–water partition coefficient (Wildman–Crippen LogP) is 4.87. The zero-order valence-corrected chi connectivity index (χ0v) is 23.1. The average molecular weight is 555 g/mol. The third-order valence-electron chi connectivity index (χ3n) is 8.18. The van der Waals surface area contributed by atoms with Crippen molar-refractivity contribution in [3.8, 4) is 0 Å². The molecule has 3 heterocycles. The smallest absolute Gasteiger partial charge is 0.266 e. The van der Waals surface area contributed by atoms with E-state index in [1.807, 2.05) is 18.3 Å². The van der Waals surface area contributed by atoms with Gasteiger partial charge in [-0.2, -0.15) is 4.57 Å². The molecule has 42 heavy (non-hydrogen) atoms. The summed E-state index contributed by atoms with van der Waals surface area (Å²) in [5, 5.41) is 3.00. The highest BCUT2D eigenvalue weighted by Crippen LogP contribution is 2.33. The van der Waals surface area contributed by atoms with Crippen molar-refractivity contribution in [3.05, 3.63) is 118 Å². The van der Waals surface area contributed by atoms with Crippen molar-refractivity contribution in [2.75, 3.05) is 11.9 Å². The Bertz CT molecular complexity index is 2110. The molecule has 0 spiro atoms. The normalized spacial score (nSPS) is 14.4. The molecule has 8 nitrogen and oxygen atoms in total. The van der Waals surface area contributed by atoms with Crippen LogP contribution in [0.4, 0.5) is 5.69 Å². The molecule has 0 unspecified atom stereocenters. The number of carbonyl (C=O) groups excluding carboxylic acids is 5. The van der Waals surface area contributed by atoms with Crippen LogP contribution in [0.2, 0.25) is 0 Å². The van der Waals surface area contributed by atoms with Gasteiger partial charge in [-0.3, -0.25) is 28.9 Å². The maximum absolute atomic E-state index is 13.6. The lowest BCUT2D eigenvalue weighted by atomic mass is 9.96. The summed E-state index contributed by atoms with van der Waals surface area (Å²) < 4.78 is 2.15. The number of anilines is 1. The number of imide groups is 2. The predicted molar refractivity (Wildman–Crippen MR) is 156 cm³/mol. The topological polar surface area (TPSA) is 95.7 Å². The number of pyridine rings is 1. The Hall–Kier alpha value is -5.50. The lowest BCUT2D eigenvalue weighted by Crippen LogP contribution is -2.33. The molecule has 204 valence electrons. The standard InChI is InChI=1S/C34H24N3O5/c1-4-36-17-21-14-22(8-12-23(21)24-9-5-18(2)13-29(24)36)37-33(41)26-11-7-20(16-28(26)34(37)42)30(38)19-6-10-25-27(15-19)32(40)35(3)31(25)39/h5-17H,4H2,1-3H3/q+1. The van der Waals surface area contributed by atoms with E-state index in [1.54, 1.807) is 6.07 Å². The second-order valence-corrected chi connectivity index (χ2v) is 10.7. The van der Waals surface area contributed by atoms with Crippen molar-refractivity contribution in [1.82, 2.24) is 4.90 Å². The van der Waals surface area contributed by atoms with Crippen LogP contribution in [0.5, 0.6) is 0 Å². The number of carbonyl (C=O) groups is 5. The zero-order chi connectivity index (χ0) is 29.4. The number of rotatable bonds is 4. The Kier molecular flexibility index (Phi) is 5.46. The quantitative estimate of drug-likeness (QED) is 0.137. The van der Waals surface area contributed by atoms with Gasteiger partial charge in [-0.1, -0.05) is 24.3 Å². The number of hydrogen-bond donors (Lipinski definition) is 0. The van der Waals surface area contributed by atoms with Crippen LogP contribution in [0.1, 0.15) is 69.8 Å². The number of hydrogen-bond acceptors (Lipinski definition) is 5. The number of fused-ring (bicyclic) bond motifs is 5. The summed E-state index contributed by atoms with van der Waals surface area (Å²) in [5.74, 6) is -2.29. The van der Waals surface area contributed by atoms with Gasteiger partial charge < -0.3 is 0 Å². The van der Waals surface area contributed by atoms with Gasteiger partial charge in [-0.25, -0.2) is 4.90 Å². The second kappa shape index (κ2) is 9.01. The molecule has 0 saturated carbocycles. The minimum atomic E-state index is -0.514. The zero-order valence-electron chi connectivity index (χ0n) is 23.1. The Labute approximate surface area is 240 Å². The fraction of sp³-hybridized carbons (Fsp3) is 0.118. The SMILES string of the molecule is CC[n+]1cc2cc(N3C(=O)c4ccc(C(=O)c5ccc6c(c5)C(=O)N(C)C6=O)cc4C3=O)ccc2c2ccc(C)cc21. The van der Waals surface area contributed by atoms with Gasteiger partial charge in [-0.15, -0.1) is 0 Å². The molecule has 0 saturated heterocycles. The maximum atomic E-state index is 13.6. The van der Waals surface area contributed by atoms with Gasteiger partial charge in [0, 0.05) is 35.0 Å². The summed E-state index contributed by atoms with van der Waals surface area (Å²) in [6.45, 7) is 4.88. The lowest BCUT2D eigenvalue weighted by molar-refractivity contribution is -0.666. The molecule has 0 radical (unpaired) electrons. The molecule has 0 fully saturated rings. The summed E-state index contributed by atoms with van der Waals surface area (Å²) in [6, 6.07) is 20.6. The van der Waals surface area contributed by atoms with Crippen LogP contribution in [0.3, 0.4) is 0 Å². The third-order valence-corrected chi connectivity index (χ3v) is 8.18. The fourth-order valence-electron chi connectivity index (χ4n) is 5.93. The van der Waals surface area contributed by atoms with E-state index in [0.29, 0.717) is 5.69 Å². The molecule has 2 aliphatic rings. The highest BCUT2D eigenvalue weighted by Gasteiger charge is 2.38. The first-order chi connectivity index (χ1) is 20.2. The first-order valence-corrected chi connectivity index (χ1v) is 13.6. The highest BCUT2D eigenvalue weighted by atomic mass is 16.2. The molecule has 0 N–H and O–H groups in total. The molecule has 4 aromatic carbocycles. The summed E-state index contributed by atoms with van der Waals surface area (Å²) in [5.41, 5.74) is 3.89. The van der Waals surface area contributed by atoms with Crippen molar-refractivity contribution in [2.24, 2.45) is 0 Å². The summed E-state index contributed by atoms with van der Waals surface area (Å²) in [7, 11) is 1.39. The van der Waals surface area contributed by atoms with Gasteiger partial charge in [-0.05, 0) is 61.9 Å². The summed E-state index contributed by atoms with van der Waals surface area (Å²) in [4.78, 5) is 67.2. The lowest BCUT2D eigenvalue weighted by Gasteiger charge is -2.15. The van der Waals surface area contributed by atoms with Gasteiger partial charge in [0.05, 0.1) is 33.3 Å². The number of nitrogens with zero attached hydrogens (tertiary/aromatic N) is 3. The third kappa shape index (κ3) is 3.55. The monoisotopic (exact) mass is 554 g/mol. The van der Waals surface area contributed by atoms with Crippen LogP contribution in [-0.4, -0.2) is 41.4 Å². The first kappa shape index (κ1) is 25.5. The minimum absolute atomic E-state index is 0.135. The van der Waals surface area contributed by atoms with Gasteiger partial charge in [0.1, 0.15) is 6.54 Å². The molecule has 0 bridgehead atoms. The molecular weight excluding hydrogens is 530 g/mol. The molecule has 4 amide bonds. The van der Waals surface area contributed by atoms with Gasteiger partial charge in [0.25, 0.3) is 23.6 Å². The number of benzene rings is 4. The van der Waals surface area contributed by atoms with E-state index in [4.69, 9.17) is 0 Å². The first-order valence-electron chi connectivity index (χ1n) is 13.6. The molecule has 5 aromatic rings. The van der Waals surface area contributed by atoms with Gasteiger partial charge in [0.15, 0.2) is 12.0 Å². The Morgan fingerprint density at radius 1 is 0.690 bits per heavy atom. The number of amides is 4. The summed E-state index contributed by atoms with van der Waals surface area (Å²) >= 11 is 0. The van der Waals surface area contributed by atoms with E-state index in [-0.39, 0.29) is 33.4 Å². The molecule has 8 heteroatoms. The molecule has 1 aromatic heterocycles. The number of ketones is 1. The number of aryl methyl sites for hydroxylation is 2. The van der Waals surface area contributed by atoms with Crippen LogP contribution < -0.4 is 9.47 Å². The van der Waals surface area contributed by atoms with Crippen molar-refractivity contribution in [1.29, 1.82) is 0 Å². The molecule has 0 aliphatic carbocycles. The molecule has 0 atom stereocenters. The van der Waals surface area contributed by atoms with Crippen molar-refractivity contribution in [3.63, 3.8) is 0 Å². The van der Waals surface area contributed by atoms with E-state index in [1.165, 1.54) is 43.4 Å². The fourth-order valence-corrected chi connectivity index (χ4v) is 5.93. The molecular formula is C34H24N3O5+.